The summed E-state index contributed by atoms with van der Waals surface area (Å²) in [6.45, 7) is 10.9. The lowest BCUT2D eigenvalue weighted by Crippen LogP contribution is -2.55. The molecule has 0 aromatic carbocycles. The molecule has 2 unspecified atom stereocenters. The van der Waals surface area contributed by atoms with Crippen molar-refractivity contribution in [1.82, 2.24) is 20.0 Å². The Morgan fingerprint density at radius 1 is 1.22 bits per heavy atom. The minimum absolute atomic E-state index is 0.0475. The number of hydrogen-bond donors (Lipinski definition) is 1. The van der Waals surface area contributed by atoms with Crippen molar-refractivity contribution in [2.45, 2.75) is 45.2 Å². The van der Waals surface area contributed by atoms with E-state index in [2.05, 4.69) is 29.0 Å². The molecule has 2 amide bonds. The fourth-order valence-corrected chi connectivity index (χ4v) is 4.00. The highest BCUT2D eigenvalue weighted by atomic mass is 16.3. The first-order valence-electron chi connectivity index (χ1n) is 10.2. The Morgan fingerprint density at radius 2 is 2.00 bits per heavy atom. The fraction of sp³-hybridized carbons (Fsp3) is 0.700. The number of likely N-dealkylation sites (tertiary alicyclic amines) is 1. The van der Waals surface area contributed by atoms with Crippen molar-refractivity contribution in [3.8, 4) is 0 Å². The van der Waals surface area contributed by atoms with Crippen molar-refractivity contribution in [2.24, 2.45) is 0 Å². The molecule has 3 heterocycles. The van der Waals surface area contributed by atoms with Crippen molar-refractivity contribution in [1.29, 1.82) is 0 Å². The summed E-state index contributed by atoms with van der Waals surface area (Å²) in [5.74, 6) is 0.0640. The zero-order chi connectivity index (χ0) is 19.2. The molecule has 0 bridgehead atoms. The van der Waals surface area contributed by atoms with Gasteiger partial charge in [-0.25, -0.2) is 0 Å². The van der Waals surface area contributed by atoms with Crippen LogP contribution in [-0.2, 0) is 4.79 Å². The van der Waals surface area contributed by atoms with E-state index in [4.69, 9.17) is 4.42 Å². The van der Waals surface area contributed by atoms with Crippen molar-refractivity contribution in [3.05, 3.63) is 24.2 Å². The number of piperidine rings is 1. The number of nitrogens with zero attached hydrogens (tertiary/aromatic N) is 3. The van der Waals surface area contributed by atoms with E-state index >= 15 is 0 Å². The first kappa shape index (κ1) is 19.9. The maximum atomic E-state index is 12.8. The number of furan rings is 1. The molecule has 0 radical (unpaired) electrons. The van der Waals surface area contributed by atoms with Crippen LogP contribution < -0.4 is 5.32 Å². The highest BCUT2D eigenvalue weighted by molar-refractivity contribution is 5.95. The number of hydrogen-bond acceptors (Lipinski definition) is 5. The molecule has 1 aromatic heterocycles. The summed E-state index contributed by atoms with van der Waals surface area (Å²) >= 11 is 0. The number of nitrogens with one attached hydrogen (secondary N) is 1. The van der Waals surface area contributed by atoms with Gasteiger partial charge in [0.15, 0.2) is 5.76 Å². The van der Waals surface area contributed by atoms with Crippen LogP contribution in [0.25, 0.3) is 0 Å². The normalized spacial score (nSPS) is 23.2. The van der Waals surface area contributed by atoms with Crippen LogP contribution in [0.1, 0.15) is 43.7 Å². The Bertz CT molecular complexity index is 611. The average molecular weight is 377 g/mol. The molecule has 0 aliphatic carbocycles. The molecule has 27 heavy (non-hydrogen) atoms. The van der Waals surface area contributed by atoms with Crippen molar-refractivity contribution < 1.29 is 14.0 Å². The van der Waals surface area contributed by atoms with Crippen LogP contribution in [0.5, 0.6) is 0 Å². The van der Waals surface area contributed by atoms with Gasteiger partial charge in [-0.15, -0.1) is 0 Å². The van der Waals surface area contributed by atoms with Crippen molar-refractivity contribution in [3.63, 3.8) is 0 Å². The predicted molar refractivity (Wildman–Crippen MR) is 104 cm³/mol. The molecule has 7 nitrogen and oxygen atoms in total. The van der Waals surface area contributed by atoms with Crippen LogP contribution in [0.3, 0.4) is 0 Å². The summed E-state index contributed by atoms with van der Waals surface area (Å²) in [6, 6.07) is 3.25. The van der Waals surface area contributed by atoms with E-state index in [-0.39, 0.29) is 11.8 Å². The standard InChI is InChI=1S/C20H32N4O3/c1-3-22-10-12-23(13-11-22)16(2)15-21-19(25)17-7-4-5-9-24(17)20(26)18-8-6-14-27-18/h6,8,14,16-17H,3-5,7,9-13,15H2,1-2H3,(H,21,25). The largest absolute Gasteiger partial charge is 0.459 e. The minimum Gasteiger partial charge on any atom is -0.459 e. The molecule has 7 heteroatoms. The maximum absolute atomic E-state index is 12.8. The van der Waals surface area contributed by atoms with Crippen molar-refractivity contribution >= 4 is 11.8 Å². The Morgan fingerprint density at radius 3 is 2.67 bits per heavy atom. The second-order valence-corrected chi connectivity index (χ2v) is 7.55. The van der Waals surface area contributed by atoms with E-state index in [0.29, 0.717) is 31.3 Å². The number of rotatable bonds is 6. The summed E-state index contributed by atoms with van der Waals surface area (Å²) in [5, 5.41) is 3.09. The van der Waals surface area contributed by atoms with Gasteiger partial charge in [0.2, 0.25) is 5.91 Å². The molecule has 1 N–H and O–H groups in total. The highest BCUT2D eigenvalue weighted by Gasteiger charge is 2.34. The van der Waals surface area contributed by atoms with E-state index < -0.39 is 6.04 Å². The number of likely N-dealkylation sites (N-methyl/N-ethyl adjacent to an activating group) is 1. The van der Waals surface area contributed by atoms with E-state index in [1.54, 1.807) is 17.0 Å². The van der Waals surface area contributed by atoms with Crippen LogP contribution in [-0.4, -0.2) is 84.4 Å². The fourth-order valence-electron chi connectivity index (χ4n) is 4.00. The van der Waals surface area contributed by atoms with Gasteiger partial charge < -0.3 is 19.5 Å². The van der Waals surface area contributed by atoms with Crippen molar-refractivity contribution in [2.75, 3.05) is 45.8 Å². The van der Waals surface area contributed by atoms with Gasteiger partial charge in [-0.2, -0.15) is 0 Å². The molecule has 2 aliphatic heterocycles. The molecule has 3 rings (SSSR count). The zero-order valence-electron chi connectivity index (χ0n) is 16.5. The Labute approximate surface area is 161 Å². The molecule has 0 spiro atoms. The first-order chi connectivity index (χ1) is 13.1. The molecular weight excluding hydrogens is 344 g/mol. The first-order valence-corrected chi connectivity index (χ1v) is 10.2. The molecule has 0 saturated carbocycles. The van der Waals surface area contributed by atoms with Gasteiger partial charge in [-0.05, 0) is 44.9 Å². The summed E-state index contributed by atoms with van der Waals surface area (Å²) in [6.07, 6.45) is 4.09. The Balaban J connectivity index is 1.52. The van der Waals surface area contributed by atoms with Gasteiger partial charge in [-0.1, -0.05) is 6.92 Å². The van der Waals surface area contributed by atoms with Crippen LogP contribution in [0.4, 0.5) is 0 Å². The molecular formula is C20H32N4O3. The average Bonchev–Trinajstić information content (AvgIpc) is 3.26. The van der Waals surface area contributed by atoms with Gasteiger partial charge in [0.05, 0.1) is 6.26 Å². The summed E-state index contributed by atoms with van der Waals surface area (Å²) in [4.78, 5) is 32.0. The molecule has 2 atom stereocenters. The molecule has 150 valence electrons. The van der Waals surface area contributed by atoms with Gasteiger partial charge in [0.25, 0.3) is 5.91 Å². The van der Waals surface area contributed by atoms with Crippen LogP contribution >= 0.6 is 0 Å². The number of amides is 2. The lowest BCUT2D eigenvalue weighted by Gasteiger charge is -2.38. The molecule has 1 aromatic rings. The lowest BCUT2D eigenvalue weighted by atomic mass is 10.0. The van der Waals surface area contributed by atoms with E-state index in [0.717, 1.165) is 45.6 Å². The lowest BCUT2D eigenvalue weighted by molar-refractivity contribution is -0.127. The van der Waals surface area contributed by atoms with E-state index in [9.17, 15) is 9.59 Å². The highest BCUT2D eigenvalue weighted by Crippen LogP contribution is 2.20. The van der Waals surface area contributed by atoms with Crippen LogP contribution in [0.15, 0.2) is 22.8 Å². The minimum atomic E-state index is -0.402. The maximum Gasteiger partial charge on any atom is 0.290 e. The summed E-state index contributed by atoms with van der Waals surface area (Å²) < 4.78 is 5.24. The number of carbonyl (C=O) groups is 2. The third kappa shape index (κ3) is 4.90. The Kier molecular flexibility index (Phi) is 6.90. The number of carbonyl (C=O) groups excluding carboxylic acids is 2. The van der Waals surface area contributed by atoms with E-state index in [1.807, 2.05) is 0 Å². The van der Waals surface area contributed by atoms with Gasteiger partial charge in [0, 0.05) is 45.3 Å². The number of piperazine rings is 1. The third-order valence-electron chi connectivity index (χ3n) is 5.85. The third-order valence-corrected chi connectivity index (χ3v) is 5.85. The quantitative estimate of drug-likeness (QED) is 0.813. The SMILES string of the molecule is CCN1CCN(C(C)CNC(=O)C2CCCCN2C(=O)c2ccco2)CC1. The second kappa shape index (κ2) is 9.37. The summed E-state index contributed by atoms with van der Waals surface area (Å²) in [7, 11) is 0. The molecule has 2 saturated heterocycles. The Hall–Kier alpha value is -1.86. The second-order valence-electron chi connectivity index (χ2n) is 7.55. The molecule has 2 fully saturated rings. The van der Waals surface area contributed by atoms with Crippen LogP contribution in [0.2, 0.25) is 0 Å². The zero-order valence-corrected chi connectivity index (χ0v) is 16.5. The van der Waals surface area contributed by atoms with Gasteiger partial charge in [-0.3, -0.25) is 14.5 Å². The molecule has 2 aliphatic rings. The predicted octanol–water partition coefficient (Wildman–Crippen LogP) is 1.42. The van der Waals surface area contributed by atoms with Crippen LogP contribution in [0, 0.1) is 0 Å². The monoisotopic (exact) mass is 376 g/mol. The van der Waals surface area contributed by atoms with Gasteiger partial charge in [0.1, 0.15) is 6.04 Å². The van der Waals surface area contributed by atoms with Gasteiger partial charge >= 0.3 is 0 Å². The topological polar surface area (TPSA) is 69.0 Å². The smallest absolute Gasteiger partial charge is 0.290 e. The van der Waals surface area contributed by atoms with E-state index in [1.165, 1.54) is 6.26 Å². The summed E-state index contributed by atoms with van der Waals surface area (Å²) in [5.41, 5.74) is 0.